The van der Waals surface area contributed by atoms with Crippen LogP contribution < -0.4 is 10.5 Å². The number of benzene rings is 1. The van der Waals surface area contributed by atoms with Crippen LogP contribution in [0.5, 0.6) is 5.75 Å². The number of halogens is 1. The monoisotopic (exact) mass is 232 g/mol. The molecule has 4 heteroatoms. The summed E-state index contributed by atoms with van der Waals surface area (Å²) in [6.45, 7) is 0.700. The number of hydrogen-bond donors (Lipinski definition) is 1. The van der Waals surface area contributed by atoms with E-state index in [1.165, 1.54) is 12.1 Å². The molecule has 2 rings (SSSR count). The zero-order chi connectivity index (χ0) is 12.1. The van der Waals surface area contributed by atoms with Crippen LogP contribution in [0, 0.1) is 5.82 Å². The molecule has 17 heavy (non-hydrogen) atoms. The van der Waals surface area contributed by atoms with Crippen LogP contribution in [0.2, 0.25) is 0 Å². The number of pyridine rings is 1. The molecule has 3 nitrogen and oxygen atoms in total. The van der Waals surface area contributed by atoms with Crippen LogP contribution in [0.1, 0.15) is 11.4 Å². The summed E-state index contributed by atoms with van der Waals surface area (Å²) >= 11 is 0. The molecule has 0 unspecified atom stereocenters. The number of hydrogen-bond acceptors (Lipinski definition) is 3. The number of rotatable bonds is 4. The predicted molar refractivity (Wildman–Crippen MR) is 62.9 cm³/mol. The molecular formula is C13H13FN2O. The lowest BCUT2D eigenvalue weighted by Gasteiger charge is -2.06. The van der Waals surface area contributed by atoms with Crippen molar-refractivity contribution in [3.05, 3.63) is 59.7 Å². The number of aromatic nitrogens is 1. The van der Waals surface area contributed by atoms with E-state index in [1.807, 2.05) is 18.2 Å². The molecular weight excluding hydrogens is 219 g/mol. The highest BCUT2D eigenvalue weighted by molar-refractivity contribution is 5.22. The maximum Gasteiger partial charge on any atom is 0.130 e. The maximum atomic E-state index is 12.9. The van der Waals surface area contributed by atoms with Gasteiger partial charge in [-0.1, -0.05) is 12.1 Å². The Morgan fingerprint density at radius 3 is 2.65 bits per heavy atom. The Hall–Kier alpha value is -1.94. The van der Waals surface area contributed by atoms with Gasteiger partial charge in [0.15, 0.2) is 0 Å². The van der Waals surface area contributed by atoms with Gasteiger partial charge in [0.2, 0.25) is 0 Å². The molecule has 0 saturated heterocycles. The smallest absolute Gasteiger partial charge is 0.130 e. The first-order chi connectivity index (χ1) is 8.28. The molecule has 1 heterocycles. The Morgan fingerprint density at radius 2 is 1.88 bits per heavy atom. The second-order valence-corrected chi connectivity index (χ2v) is 3.57. The van der Waals surface area contributed by atoms with E-state index in [4.69, 9.17) is 10.5 Å². The van der Waals surface area contributed by atoms with Crippen molar-refractivity contribution in [1.82, 2.24) is 4.98 Å². The van der Waals surface area contributed by atoms with Gasteiger partial charge < -0.3 is 10.5 Å². The molecule has 0 saturated carbocycles. The Morgan fingerprint density at radius 1 is 1.12 bits per heavy atom. The van der Waals surface area contributed by atoms with Crippen molar-refractivity contribution >= 4 is 0 Å². The van der Waals surface area contributed by atoms with E-state index in [9.17, 15) is 4.39 Å². The Labute approximate surface area is 99.1 Å². The van der Waals surface area contributed by atoms with E-state index in [0.717, 1.165) is 11.4 Å². The standard InChI is InChI=1S/C13H13FN2O/c14-10-3-1-6-13(7-10)17-9-12-5-2-4-11(8-15)16-12/h1-7H,8-9,15H2. The maximum absolute atomic E-state index is 12.9. The van der Waals surface area contributed by atoms with Gasteiger partial charge in [-0.3, -0.25) is 4.98 Å². The normalized spacial score (nSPS) is 10.2. The van der Waals surface area contributed by atoms with Crippen molar-refractivity contribution in [2.75, 3.05) is 0 Å². The fourth-order valence-corrected chi connectivity index (χ4v) is 1.44. The number of nitrogens with two attached hydrogens (primary N) is 1. The molecule has 0 bridgehead atoms. The summed E-state index contributed by atoms with van der Waals surface area (Å²) in [5.74, 6) is 0.177. The van der Waals surface area contributed by atoms with Crippen LogP contribution in [0.3, 0.4) is 0 Å². The van der Waals surface area contributed by atoms with E-state index >= 15 is 0 Å². The van der Waals surface area contributed by atoms with Crippen molar-refractivity contribution in [3.63, 3.8) is 0 Å². The molecule has 0 aliphatic carbocycles. The number of ether oxygens (including phenoxy) is 1. The summed E-state index contributed by atoms with van der Waals surface area (Å²) in [6, 6.07) is 11.6. The zero-order valence-electron chi connectivity index (χ0n) is 9.27. The van der Waals surface area contributed by atoms with Gasteiger partial charge in [-0.05, 0) is 24.3 Å². The molecule has 0 fully saturated rings. The molecule has 0 radical (unpaired) electrons. The van der Waals surface area contributed by atoms with E-state index in [2.05, 4.69) is 4.98 Å². The first-order valence-electron chi connectivity index (χ1n) is 5.31. The largest absolute Gasteiger partial charge is 0.487 e. The summed E-state index contributed by atoms with van der Waals surface area (Å²) < 4.78 is 18.3. The van der Waals surface area contributed by atoms with Gasteiger partial charge in [0.1, 0.15) is 18.2 Å². The zero-order valence-corrected chi connectivity index (χ0v) is 9.27. The summed E-state index contributed by atoms with van der Waals surface area (Å²) in [5.41, 5.74) is 7.08. The van der Waals surface area contributed by atoms with E-state index < -0.39 is 0 Å². The topological polar surface area (TPSA) is 48.1 Å². The van der Waals surface area contributed by atoms with Crippen LogP contribution in [0.15, 0.2) is 42.5 Å². The molecule has 0 aliphatic heterocycles. The molecule has 0 atom stereocenters. The first kappa shape index (κ1) is 11.5. The minimum Gasteiger partial charge on any atom is -0.487 e. The molecule has 0 amide bonds. The number of nitrogens with zero attached hydrogens (tertiary/aromatic N) is 1. The van der Waals surface area contributed by atoms with Gasteiger partial charge in [-0.25, -0.2) is 4.39 Å². The lowest BCUT2D eigenvalue weighted by Crippen LogP contribution is -2.04. The van der Waals surface area contributed by atoms with Crippen LogP contribution in [-0.2, 0) is 13.2 Å². The molecule has 88 valence electrons. The van der Waals surface area contributed by atoms with Crippen LogP contribution in [0.4, 0.5) is 4.39 Å². The lowest BCUT2D eigenvalue weighted by atomic mass is 10.3. The summed E-state index contributed by atoms with van der Waals surface area (Å²) in [6.07, 6.45) is 0. The molecule has 0 spiro atoms. The van der Waals surface area contributed by atoms with Crippen molar-refractivity contribution in [2.45, 2.75) is 13.2 Å². The third kappa shape index (κ3) is 3.26. The van der Waals surface area contributed by atoms with Gasteiger partial charge in [0, 0.05) is 12.6 Å². The minimum atomic E-state index is -0.314. The van der Waals surface area contributed by atoms with E-state index in [0.29, 0.717) is 18.9 Å². The highest BCUT2D eigenvalue weighted by Gasteiger charge is 1.99. The summed E-state index contributed by atoms with van der Waals surface area (Å²) in [7, 11) is 0. The van der Waals surface area contributed by atoms with Crippen molar-refractivity contribution < 1.29 is 9.13 Å². The second-order valence-electron chi connectivity index (χ2n) is 3.57. The minimum absolute atomic E-state index is 0.303. The lowest BCUT2D eigenvalue weighted by molar-refractivity contribution is 0.299. The second kappa shape index (κ2) is 5.41. The Kier molecular flexibility index (Phi) is 3.67. The average Bonchev–Trinajstić information content (AvgIpc) is 2.37. The predicted octanol–water partition coefficient (Wildman–Crippen LogP) is 2.26. The van der Waals surface area contributed by atoms with E-state index in [1.54, 1.807) is 12.1 Å². The van der Waals surface area contributed by atoms with E-state index in [-0.39, 0.29) is 5.82 Å². The fourth-order valence-electron chi connectivity index (χ4n) is 1.44. The Bertz CT molecular complexity index is 502. The van der Waals surface area contributed by atoms with Gasteiger partial charge in [0.05, 0.1) is 11.4 Å². The average molecular weight is 232 g/mol. The molecule has 2 aromatic rings. The third-order valence-electron chi connectivity index (χ3n) is 2.26. The van der Waals surface area contributed by atoms with Crippen LogP contribution >= 0.6 is 0 Å². The molecule has 2 N–H and O–H groups in total. The van der Waals surface area contributed by atoms with Crippen molar-refractivity contribution in [2.24, 2.45) is 5.73 Å². The summed E-state index contributed by atoms with van der Waals surface area (Å²) in [4.78, 5) is 4.28. The molecule has 1 aromatic heterocycles. The van der Waals surface area contributed by atoms with Crippen LogP contribution in [0.25, 0.3) is 0 Å². The highest BCUT2D eigenvalue weighted by Crippen LogP contribution is 2.13. The van der Waals surface area contributed by atoms with Gasteiger partial charge in [-0.2, -0.15) is 0 Å². The van der Waals surface area contributed by atoms with Gasteiger partial charge >= 0.3 is 0 Å². The Balaban J connectivity index is 2.02. The van der Waals surface area contributed by atoms with Crippen molar-refractivity contribution in [3.8, 4) is 5.75 Å². The fraction of sp³-hybridized carbons (Fsp3) is 0.154. The van der Waals surface area contributed by atoms with Gasteiger partial charge in [-0.15, -0.1) is 0 Å². The van der Waals surface area contributed by atoms with Crippen molar-refractivity contribution in [1.29, 1.82) is 0 Å². The quantitative estimate of drug-likeness (QED) is 0.879. The third-order valence-corrected chi connectivity index (χ3v) is 2.26. The van der Waals surface area contributed by atoms with Crippen LogP contribution in [-0.4, -0.2) is 4.98 Å². The molecule has 1 aromatic carbocycles. The summed E-state index contributed by atoms with van der Waals surface area (Å²) in [5, 5.41) is 0. The highest BCUT2D eigenvalue weighted by atomic mass is 19.1. The SMILES string of the molecule is NCc1cccc(COc2cccc(F)c2)n1. The first-order valence-corrected chi connectivity index (χ1v) is 5.31. The van der Waals surface area contributed by atoms with Gasteiger partial charge in [0.25, 0.3) is 0 Å². The molecule has 0 aliphatic rings.